The summed E-state index contributed by atoms with van der Waals surface area (Å²) in [5, 5.41) is 23.5. The Hall–Kier alpha value is -1.92. The van der Waals surface area contributed by atoms with E-state index in [1.807, 2.05) is 0 Å². The van der Waals surface area contributed by atoms with Gasteiger partial charge in [-0.1, -0.05) is 13.8 Å². The number of carboxylic acid groups (broad SMARTS) is 1. The number of carboxylic acids is 1. The van der Waals surface area contributed by atoms with Crippen LogP contribution in [0.5, 0.6) is 0 Å². The Labute approximate surface area is 91.8 Å². The van der Waals surface area contributed by atoms with Crippen LogP contribution in [0, 0.1) is 10.1 Å². The van der Waals surface area contributed by atoms with Crippen molar-refractivity contribution in [2.75, 3.05) is 0 Å². The van der Waals surface area contributed by atoms with E-state index < -0.39 is 16.4 Å². The Morgan fingerprint density at radius 1 is 1.62 bits per heavy atom. The fourth-order valence-electron chi connectivity index (χ4n) is 1.62. The van der Waals surface area contributed by atoms with E-state index in [2.05, 4.69) is 5.10 Å². The second kappa shape index (κ2) is 4.30. The van der Waals surface area contributed by atoms with Crippen molar-refractivity contribution in [2.24, 2.45) is 0 Å². The number of hydrogen-bond acceptors (Lipinski definition) is 4. The van der Waals surface area contributed by atoms with Crippen LogP contribution in [-0.2, 0) is 10.3 Å². The van der Waals surface area contributed by atoms with Crippen molar-refractivity contribution in [1.82, 2.24) is 9.78 Å². The Morgan fingerprint density at radius 2 is 2.19 bits per heavy atom. The Balaban J connectivity index is 3.21. The minimum Gasteiger partial charge on any atom is -0.479 e. The molecular formula is C9H13N3O4. The molecule has 7 nitrogen and oxygen atoms in total. The van der Waals surface area contributed by atoms with Gasteiger partial charge in [-0.3, -0.25) is 10.1 Å². The minimum absolute atomic E-state index is 0.201. The molecule has 0 aliphatic heterocycles. The molecular weight excluding hydrogens is 214 g/mol. The molecule has 0 amide bonds. The van der Waals surface area contributed by atoms with Crippen LogP contribution < -0.4 is 0 Å². The van der Waals surface area contributed by atoms with Gasteiger partial charge in [0.15, 0.2) is 5.54 Å². The highest BCUT2D eigenvalue weighted by Gasteiger charge is 2.38. The number of carbonyl (C=O) groups is 1. The first-order valence-corrected chi connectivity index (χ1v) is 4.91. The zero-order valence-corrected chi connectivity index (χ0v) is 9.08. The number of aromatic nitrogens is 2. The van der Waals surface area contributed by atoms with Gasteiger partial charge in [-0.15, -0.1) is 0 Å². The van der Waals surface area contributed by atoms with Crippen LogP contribution in [-0.4, -0.2) is 25.8 Å². The maximum atomic E-state index is 11.2. The van der Waals surface area contributed by atoms with Crippen molar-refractivity contribution < 1.29 is 14.8 Å². The molecule has 0 radical (unpaired) electrons. The van der Waals surface area contributed by atoms with Crippen LogP contribution >= 0.6 is 0 Å². The summed E-state index contributed by atoms with van der Waals surface area (Å²) < 4.78 is 1.16. The topological polar surface area (TPSA) is 98.3 Å². The molecule has 1 heterocycles. The predicted molar refractivity (Wildman–Crippen MR) is 55.1 cm³/mol. The third-order valence-electron chi connectivity index (χ3n) is 2.79. The first-order valence-electron chi connectivity index (χ1n) is 4.91. The number of rotatable bonds is 5. The standard InChI is InChI=1S/C9H13N3O4/c1-3-9(4-2,8(13)14)11-6-7(5-10-11)12(15)16/h5-6H,3-4H2,1-2H3,(H,13,14). The lowest BCUT2D eigenvalue weighted by Crippen LogP contribution is -2.41. The summed E-state index contributed by atoms with van der Waals surface area (Å²) in [6.45, 7) is 3.43. The van der Waals surface area contributed by atoms with E-state index in [0.717, 1.165) is 17.1 Å². The fraction of sp³-hybridized carbons (Fsp3) is 0.556. The van der Waals surface area contributed by atoms with Gasteiger partial charge in [0.25, 0.3) is 0 Å². The Morgan fingerprint density at radius 3 is 2.50 bits per heavy atom. The van der Waals surface area contributed by atoms with E-state index in [0.29, 0.717) is 12.8 Å². The molecule has 88 valence electrons. The smallest absolute Gasteiger partial charge is 0.331 e. The molecule has 0 fully saturated rings. The molecule has 16 heavy (non-hydrogen) atoms. The minimum atomic E-state index is -1.20. The molecule has 0 aromatic carbocycles. The summed E-state index contributed by atoms with van der Waals surface area (Å²) in [5.74, 6) is -1.03. The van der Waals surface area contributed by atoms with Gasteiger partial charge in [0, 0.05) is 0 Å². The van der Waals surface area contributed by atoms with Crippen LogP contribution in [0.1, 0.15) is 26.7 Å². The van der Waals surface area contributed by atoms with Crippen LogP contribution in [0.2, 0.25) is 0 Å². The molecule has 1 aromatic rings. The predicted octanol–water partition coefficient (Wildman–Crippen LogP) is 1.39. The molecule has 0 unspecified atom stereocenters. The normalized spacial score (nSPS) is 11.4. The van der Waals surface area contributed by atoms with Crippen LogP contribution in [0.25, 0.3) is 0 Å². The molecule has 0 bridgehead atoms. The van der Waals surface area contributed by atoms with Crippen molar-refractivity contribution in [3.8, 4) is 0 Å². The average Bonchev–Trinajstić information content (AvgIpc) is 2.70. The third kappa shape index (κ3) is 1.75. The number of aliphatic carboxylic acids is 1. The summed E-state index contributed by atoms with van der Waals surface area (Å²) in [4.78, 5) is 21.1. The van der Waals surface area contributed by atoms with Crippen molar-refractivity contribution >= 4 is 11.7 Å². The van der Waals surface area contributed by atoms with Gasteiger partial charge < -0.3 is 5.11 Å². The zero-order valence-electron chi connectivity index (χ0n) is 9.08. The highest BCUT2D eigenvalue weighted by atomic mass is 16.6. The quantitative estimate of drug-likeness (QED) is 0.605. The van der Waals surface area contributed by atoms with Gasteiger partial charge in [-0.2, -0.15) is 5.10 Å². The Bertz CT molecular complexity index is 409. The van der Waals surface area contributed by atoms with E-state index in [4.69, 9.17) is 0 Å². The van der Waals surface area contributed by atoms with Gasteiger partial charge in [0.2, 0.25) is 0 Å². The maximum Gasteiger partial charge on any atom is 0.331 e. The summed E-state index contributed by atoms with van der Waals surface area (Å²) in [6.07, 6.45) is 2.85. The molecule has 0 aliphatic carbocycles. The van der Waals surface area contributed by atoms with Crippen molar-refractivity contribution in [1.29, 1.82) is 0 Å². The second-order valence-corrected chi connectivity index (χ2v) is 3.44. The molecule has 0 aliphatic rings. The van der Waals surface area contributed by atoms with E-state index in [-0.39, 0.29) is 5.69 Å². The van der Waals surface area contributed by atoms with Gasteiger partial charge in [0.1, 0.15) is 12.4 Å². The highest BCUT2D eigenvalue weighted by Crippen LogP contribution is 2.26. The second-order valence-electron chi connectivity index (χ2n) is 3.44. The summed E-state index contributed by atoms with van der Waals surface area (Å²) in [5.41, 5.74) is -1.40. The number of nitro groups is 1. The van der Waals surface area contributed by atoms with E-state index in [9.17, 15) is 20.0 Å². The lowest BCUT2D eigenvalue weighted by Gasteiger charge is -2.26. The van der Waals surface area contributed by atoms with Gasteiger partial charge in [-0.25, -0.2) is 9.48 Å². The maximum absolute atomic E-state index is 11.2. The van der Waals surface area contributed by atoms with Gasteiger partial charge >= 0.3 is 11.7 Å². The molecule has 0 saturated carbocycles. The van der Waals surface area contributed by atoms with Gasteiger partial charge in [0.05, 0.1) is 4.92 Å². The summed E-state index contributed by atoms with van der Waals surface area (Å²) in [6, 6.07) is 0. The van der Waals surface area contributed by atoms with Gasteiger partial charge in [-0.05, 0) is 12.8 Å². The van der Waals surface area contributed by atoms with Crippen molar-refractivity contribution in [3.05, 3.63) is 22.5 Å². The molecule has 0 saturated heterocycles. The third-order valence-corrected chi connectivity index (χ3v) is 2.79. The molecule has 0 atom stereocenters. The van der Waals surface area contributed by atoms with Crippen LogP contribution in [0.3, 0.4) is 0 Å². The van der Waals surface area contributed by atoms with E-state index in [1.54, 1.807) is 13.8 Å². The SMILES string of the molecule is CCC(CC)(C(=O)O)n1cc([N+](=O)[O-])cn1. The van der Waals surface area contributed by atoms with Crippen molar-refractivity contribution in [2.45, 2.75) is 32.2 Å². The van der Waals surface area contributed by atoms with Crippen LogP contribution in [0.15, 0.2) is 12.4 Å². The van der Waals surface area contributed by atoms with Crippen LogP contribution in [0.4, 0.5) is 5.69 Å². The largest absolute Gasteiger partial charge is 0.479 e. The first-order chi connectivity index (χ1) is 7.47. The van der Waals surface area contributed by atoms with Crippen molar-refractivity contribution in [3.63, 3.8) is 0 Å². The monoisotopic (exact) mass is 227 g/mol. The number of nitrogens with zero attached hydrogens (tertiary/aromatic N) is 3. The number of hydrogen-bond donors (Lipinski definition) is 1. The van der Waals surface area contributed by atoms with E-state index >= 15 is 0 Å². The molecule has 7 heteroatoms. The molecule has 0 spiro atoms. The fourth-order valence-corrected chi connectivity index (χ4v) is 1.62. The van der Waals surface area contributed by atoms with E-state index in [1.165, 1.54) is 0 Å². The lowest BCUT2D eigenvalue weighted by molar-refractivity contribution is -0.385. The Kier molecular flexibility index (Phi) is 3.26. The first kappa shape index (κ1) is 12.2. The molecule has 1 N–H and O–H groups in total. The zero-order chi connectivity index (χ0) is 12.3. The lowest BCUT2D eigenvalue weighted by atomic mass is 9.93. The summed E-state index contributed by atoms with van der Waals surface area (Å²) >= 11 is 0. The average molecular weight is 227 g/mol. The molecule has 1 rings (SSSR count). The highest BCUT2D eigenvalue weighted by molar-refractivity contribution is 5.76. The summed E-state index contributed by atoms with van der Waals surface area (Å²) in [7, 11) is 0. The molecule has 1 aromatic heterocycles.